The van der Waals surface area contributed by atoms with Crippen LogP contribution < -0.4 is 20.7 Å². The summed E-state index contributed by atoms with van der Waals surface area (Å²) in [6.45, 7) is 7.51. The third-order valence-electron chi connectivity index (χ3n) is 9.48. The van der Waals surface area contributed by atoms with Crippen molar-refractivity contribution in [1.82, 2.24) is 14.2 Å². The van der Waals surface area contributed by atoms with Crippen molar-refractivity contribution < 1.29 is 28.4 Å². The number of ether oxygens (including phenoxy) is 4. The highest BCUT2D eigenvalue weighted by atomic mass is 31.2. The molecule has 5 atom stereocenters. The Balaban J connectivity index is 1.68. The molecule has 0 bridgehead atoms. The lowest BCUT2D eigenvalue weighted by atomic mass is 9.80. The average molecular weight is 757 g/mol. The van der Waals surface area contributed by atoms with Crippen LogP contribution in [0.3, 0.4) is 0 Å². The summed E-state index contributed by atoms with van der Waals surface area (Å²) < 4.78 is 34.4. The fourth-order valence-electron chi connectivity index (χ4n) is 7.22. The Morgan fingerprint density at radius 1 is 0.889 bits per heavy atom. The molecular formula is C40H47N5O8P+. The minimum atomic E-state index is -3.59. The highest BCUT2D eigenvalue weighted by Gasteiger charge is 2.58. The second-order valence-electron chi connectivity index (χ2n) is 13.5. The summed E-state index contributed by atoms with van der Waals surface area (Å²) in [5, 5.41) is 20.3. The van der Waals surface area contributed by atoms with Crippen LogP contribution in [0.5, 0.6) is 11.5 Å². The molecule has 0 spiro atoms. The number of rotatable bonds is 16. The van der Waals surface area contributed by atoms with Crippen LogP contribution in [0.15, 0.2) is 101 Å². The van der Waals surface area contributed by atoms with Crippen LogP contribution in [0.4, 0.5) is 0 Å². The standard InChI is InChI=1S/C40H46N5O8P/c1-27(2)45(28(3)4)54(48,24-10-22-41)53-37-34(25-42)38(44-23-21-36(46)43-39(44)47)52-35(37)26-51-40(29-11-8-7-9-12-29,30-13-17-32(49-5)18-14-30)31-15-19-33(50-6)20-16-31/h7-9,11-21,23,27-28,34-35,37-38,48H,10,24,26H2,1-6H3/p+1/t34-,35-,37+,38-,54?/m1/s1. The van der Waals surface area contributed by atoms with E-state index in [0.29, 0.717) is 11.5 Å². The van der Waals surface area contributed by atoms with Crippen molar-refractivity contribution in [3.63, 3.8) is 0 Å². The molecule has 5 rings (SSSR count). The predicted molar refractivity (Wildman–Crippen MR) is 204 cm³/mol. The van der Waals surface area contributed by atoms with Gasteiger partial charge in [-0.1, -0.05) is 54.6 Å². The number of H-pyrrole nitrogens is 1. The smallest absolute Gasteiger partial charge is 0.347 e. The molecule has 1 fully saturated rings. The number of nitrogens with one attached hydrogen (secondary N) is 1. The van der Waals surface area contributed by atoms with Crippen LogP contribution in [0.25, 0.3) is 0 Å². The first-order valence-electron chi connectivity index (χ1n) is 17.7. The molecule has 284 valence electrons. The number of aromatic amines is 1. The van der Waals surface area contributed by atoms with Crippen molar-refractivity contribution in [2.24, 2.45) is 5.92 Å². The number of methoxy groups -OCH3 is 2. The normalized spacial score (nSPS) is 19.7. The van der Waals surface area contributed by atoms with E-state index in [9.17, 15) is 25.0 Å². The van der Waals surface area contributed by atoms with Crippen molar-refractivity contribution in [3.05, 3.63) is 129 Å². The number of nitriles is 2. The van der Waals surface area contributed by atoms with Gasteiger partial charge in [-0.3, -0.25) is 14.3 Å². The van der Waals surface area contributed by atoms with E-state index in [2.05, 4.69) is 17.1 Å². The van der Waals surface area contributed by atoms with Gasteiger partial charge in [0.2, 0.25) is 0 Å². The van der Waals surface area contributed by atoms with Gasteiger partial charge in [0.15, 0.2) is 12.3 Å². The largest absolute Gasteiger partial charge is 0.497 e. The molecule has 1 aliphatic rings. The number of benzene rings is 3. The van der Waals surface area contributed by atoms with Crippen molar-refractivity contribution in [2.75, 3.05) is 27.0 Å². The van der Waals surface area contributed by atoms with Gasteiger partial charge in [0.05, 0.1) is 39.4 Å². The summed E-state index contributed by atoms with van der Waals surface area (Å²) >= 11 is 0. The van der Waals surface area contributed by atoms with Gasteiger partial charge in [-0.05, 0) is 68.7 Å². The van der Waals surface area contributed by atoms with E-state index in [1.165, 1.54) is 12.3 Å². The maximum atomic E-state index is 13.1. The topological polar surface area (TPSA) is 172 Å². The van der Waals surface area contributed by atoms with E-state index < -0.39 is 49.1 Å². The van der Waals surface area contributed by atoms with Gasteiger partial charge < -0.3 is 18.9 Å². The molecule has 2 N–H and O–H groups in total. The Labute approximate surface area is 315 Å². The number of hydrogen-bond donors (Lipinski definition) is 2. The summed E-state index contributed by atoms with van der Waals surface area (Å²) in [6.07, 6.45) is -2.12. The van der Waals surface area contributed by atoms with Crippen molar-refractivity contribution >= 4 is 7.87 Å². The number of hydrogen-bond acceptors (Lipinski definition) is 11. The lowest BCUT2D eigenvalue weighted by Crippen LogP contribution is -2.43. The quantitative estimate of drug-likeness (QED) is 0.105. The predicted octanol–water partition coefficient (Wildman–Crippen LogP) is 5.77. The highest BCUT2D eigenvalue weighted by molar-refractivity contribution is 7.63. The molecule has 13 nitrogen and oxygen atoms in total. The molecule has 1 aliphatic heterocycles. The summed E-state index contributed by atoms with van der Waals surface area (Å²) in [7, 11) is -0.408. The zero-order valence-electron chi connectivity index (χ0n) is 31.3. The molecular weight excluding hydrogens is 709 g/mol. The van der Waals surface area contributed by atoms with Crippen LogP contribution >= 0.6 is 7.87 Å². The summed E-state index contributed by atoms with van der Waals surface area (Å²) in [5.41, 5.74) is -0.359. The maximum Gasteiger partial charge on any atom is 0.347 e. The minimum Gasteiger partial charge on any atom is -0.497 e. The van der Waals surface area contributed by atoms with E-state index >= 15 is 0 Å². The van der Waals surface area contributed by atoms with Crippen LogP contribution in [0.1, 0.15) is 57.0 Å². The highest BCUT2D eigenvalue weighted by Crippen LogP contribution is 2.64. The molecule has 0 saturated carbocycles. The van der Waals surface area contributed by atoms with Gasteiger partial charge in [-0.15, -0.1) is 4.67 Å². The molecule has 1 aromatic heterocycles. The molecule has 14 heteroatoms. The van der Waals surface area contributed by atoms with E-state index in [0.717, 1.165) is 21.3 Å². The summed E-state index contributed by atoms with van der Waals surface area (Å²) in [5.74, 6) is 0.147. The molecule has 3 aromatic carbocycles. The van der Waals surface area contributed by atoms with Crippen LogP contribution in [-0.4, -0.2) is 70.4 Å². The van der Waals surface area contributed by atoms with Gasteiger partial charge >= 0.3 is 13.6 Å². The zero-order chi connectivity index (χ0) is 39.0. The Kier molecular flexibility index (Phi) is 13.1. The SMILES string of the molecule is COc1ccc(C(OC[C@H]2O[C@@H](n3ccc(=O)[nH]c3=O)[C@H](C#N)[C@@H]2O[P+](O)(CCC#N)N(C(C)C)C(C)C)(c2ccccc2)c2ccc(OC)cc2)cc1. The molecule has 4 aromatic rings. The molecule has 0 aliphatic carbocycles. The molecule has 0 amide bonds. The maximum absolute atomic E-state index is 13.1. The molecule has 2 heterocycles. The van der Waals surface area contributed by atoms with Crippen molar-refractivity contribution in [3.8, 4) is 23.6 Å². The van der Waals surface area contributed by atoms with Gasteiger partial charge in [0.25, 0.3) is 5.56 Å². The fraction of sp³-hybridized carbons (Fsp3) is 0.400. The van der Waals surface area contributed by atoms with Gasteiger partial charge in [0.1, 0.15) is 35.3 Å². The lowest BCUT2D eigenvalue weighted by Gasteiger charge is -2.38. The van der Waals surface area contributed by atoms with E-state index in [1.807, 2.05) is 111 Å². The van der Waals surface area contributed by atoms with Crippen LogP contribution in [-0.2, 0) is 19.6 Å². The van der Waals surface area contributed by atoms with Gasteiger partial charge in [0, 0.05) is 24.3 Å². The van der Waals surface area contributed by atoms with Gasteiger partial charge in [-0.25, -0.2) is 9.69 Å². The second kappa shape index (κ2) is 17.5. The van der Waals surface area contributed by atoms with Crippen molar-refractivity contribution in [1.29, 1.82) is 10.5 Å². The van der Waals surface area contributed by atoms with Crippen molar-refractivity contribution in [2.45, 2.75) is 70.2 Å². The van der Waals surface area contributed by atoms with Crippen LogP contribution in [0.2, 0.25) is 0 Å². The molecule has 1 unspecified atom stereocenters. The lowest BCUT2D eigenvalue weighted by molar-refractivity contribution is -0.0932. The number of aromatic nitrogens is 2. The van der Waals surface area contributed by atoms with E-state index in [1.54, 1.807) is 14.2 Å². The third kappa shape index (κ3) is 8.28. The second-order valence-corrected chi connectivity index (χ2v) is 15.9. The Bertz CT molecular complexity index is 1990. The number of nitrogens with zero attached hydrogens (tertiary/aromatic N) is 4. The monoisotopic (exact) mass is 756 g/mol. The molecule has 1 saturated heterocycles. The Morgan fingerprint density at radius 3 is 1.93 bits per heavy atom. The Morgan fingerprint density at radius 2 is 1.44 bits per heavy atom. The Hall–Kier alpha value is -4.85. The van der Waals surface area contributed by atoms with E-state index in [4.69, 9.17) is 23.5 Å². The summed E-state index contributed by atoms with van der Waals surface area (Å²) in [4.78, 5) is 39.9. The first kappa shape index (κ1) is 40.3. The van der Waals surface area contributed by atoms with E-state index in [-0.39, 0.29) is 31.3 Å². The van der Waals surface area contributed by atoms with Crippen LogP contribution in [0, 0.1) is 28.6 Å². The summed E-state index contributed by atoms with van der Waals surface area (Å²) in [6, 6.07) is 29.8. The first-order valence-corrected chi connectivity index (χ1v) is 19.5. The average Bonchev–Trinajstić information content (AvgIpc) is 3.50. The molecule has 54 heavy (non-hydrogen) atoms. The minimum absolute atomic E-state index is 0.00104. The fourth-order valence-corrected chi connectivity index (χ4v) is 10.2. The zero-order valence-corrected chi connectivity index (χ0v) is 32.2. The van der Waals surface area contributed by atoms with Gasteiger partial charge in [-0.2, -0.15) is 15.0 Å². The first-order chi connectivity index (χ1) is 25.9. The third-order valence-corrected chi connectivity index (χ3v) is 12.5. The molecule has 0 radical (unpaired) electrons.